The van der Waals surface area contributed by atoms with E-state index in [1.165, 1.54) is 73.2 Å². The van der Waals surface area contributed by atoms with Gasteiger partial charge in [-0.3, -0.25) is 0 Å². The van der Waals surface area contributed by atoms with Gasteiger partial charge in [0.25, 0.3) is 0 Å². The molecule has 1 aliphatic carbocycles. The Hall–Kier alpha value is -7.79. The molecule has 1 saturated heterocycles. The fourth-order valence-electron chi connectivity index (χ4n) is 11.3. The van der Waals surface area contributed by atoms with E-state index in [2.05, 4.69) is 271 Å². The fourth-order valence-corrected chi connectivity index (χ4v) is 13.2. The molecule has 12 nitrogen and oxygen atoms in total. The molecule has 0 radical (unpaired) electrons. The van der Waals surface area contributed by atoms with Crippen molar-refractivity contribution < 1.29 is 57.0 Å². The SMILES string of the molecule is C=C(C)C(=O)OCCCc1ccc(C(C)C)cc1.C=CC(=O)OCCCc1ccc(C(C)C)cc1.CC(C)OC(COc1ccc(C(C)C)cc1)CSc1ccc(Cl)cc1.CC(C)OC(COc1ccc(C(C)C)cc1)CSc1ccccc1.CC(C)c1ccc(OCC(OCC2CO2)C(C)C)cc1.CC(C)c1ccc(OCC2CC2)cc1. The second kappa shape index (κ2) is 56.7. The third kappa shape index (κ3) is 44.5. The van der Waals surface area contributed by atoms with E-state index in [-0.39, 0.29) is 42.5 Å². The number of hydrogen-bond acceptors (Lipinski definition) is 14. The van der Waals surface area contributed by atoms with Crippen molar-refractivity contribution in [3.8, 4) is 23.0 Å². The molecule has 1 saturated carbocycles. The summed E-state index contributed by atoms with van der Waals surface area (Å²) < 4.78 is 56.4. The molecular weight excluding hydrogens is 1530 g/mol. The van der Waals surface area contributed by atoms with Crippen LogP contribution in [0.3, 0.4) is 0 Å². The second-order valence-corrected chi connectivity index (χ2v) is 35.6. The number of halogens is 1. The van der Waals surface area contributed by atoms with E-state index in [0.717, 1.165) is 84.3 Å². The van der Waals surface area contributed by atoms with Gasteiger partial charge >= 0.3 is 11.9 Å². The third-order valence-corrected chi connectivity index (χ3v) is 21.7. The molecule has 0 aromatic heterocycles. The van der Waals surface area contributed by atoms with Crippen molar-refractivity contribution in [3.05, 3.63) is 275 Å². The summed E-state index contributed by atoms with van der Waals surface area (Å²) in [7, 11) is 0. The van der Waals surface area contributed by atoms with Crippen molar-refractivity contribution in [2.24, 2.45) is 11.8 Å². The van der Waals surface area contributed by atoms with E-state index in [1.54, 1.807) is 18.7 Å². The minimum Gasteiger partial charge on any atom is -0.493 e. The van der Waals surface area contributed by atoms with Crippen molar-refractivity contribution in [2.75, 3.05) is 64.4 Å². The Morgan fingerprint density at radius 1 is 0.449 bits per heavy atom. The molecule has 8 aromatic carbocycles. The maximum atomic E-state index is 11.2. The zero-order valence-corrected chi connectivity index (χ0v) is 76.9. The van der Waals surface area contributed by atoms with Crippen LogP contribution in [0.1, 0.15) is 237 Å². The highest BCUT2D eigenvalue weighted by Crippen LogP contribution is 2.31. The number of benzene rings is 8. The summed E-state index contributed by atoms with van der Waals surface area (Å²) in [6, 6.07) is 69.1. The van der Waals surface area contributed by atoms with Crippen molar-refractivity contribution in [1.82, 2.24) is 0 Å². The Bertz CT molecular complexity index is 3990. The number of esters is 2. The lowest BCUT2D eigenvalue weighted by Crippen LogP contribution is -2.28. The molecule has 2 aliphatic rings. The first kappa shape index (κ1) is 101. The van der Waals surface area contributed by atoms with Gasteiger partial charge in [-0.05, 0) is 250 Å². The predicted molar refractivity (Wildman–Crippen MR) is 495 cm³/mol. The van der Waals surface area contributed by atoms with Crippen LogP contribution >= 0.6 is 35.1 Å². The summed E-state index contributed by atoms with van der Waals surface area (Å²) in [5, 5.41) is 0.757. The monoisotopic (exact) mass is 1670 g/mol. The van der Waals surface area contributed by atoms with Gasteiger partial charge in [-0.15, -0.1) is 23.5 Å². The smallest absolute Gasteiger partial charge is 0.333 e. The molecule has 0 spiro atoms. The molecule has 1 aliphatic heterocycles. The lowest BCUT2D eigenvalue weighted by Gasteiger charge is -2.21. The zero-order valence-electron chi connectivity index (χ0n) is 74.5. The van der Waals surface area contributed by atoms with Gasteiger partial charge in [0, 0.05) is 38.0 Å². The average Bonchev–Trinajstić information content (AvgIpc) is 0.986. The van der Waals surface area contributed by atoms with E-state index < -0.39 is 0 Å². The highest BCUT2D eigenvalue weighted by Gasteiger charge is 2.26. The molecule has 4 atom stereocenters. The summed E-state index contributed by atoms with van der Waals surface area (Å²) in [6.45, 7) is 52.5. The van der Waals surface area contributed by atoms with Gasteiger partial charge < -0.3 is 47.4 Å². The van der Waals surface area contributed by atoms with E-state index in [0.29, 0.717) is 92.7 Å². The van der Waals surface area contributed by atoms with Gasteiger partial charge in [-0.2, -0.15) is 0 Å². The van der Waals surface area contributed by atoms with Crippen LogP contribution in [-0.4, -0.2) is 113 Å². The molecule has 1 heterocycles. The second-order valence-electron chi connectivity index (χ2n) is 32.9. The minimum absolute atomic E-state index is 0.0328. The van der Waals surface area contributed by atoms with E-state index >= 15 is 0 Å². The molecule has 8 aromatic rings. The lowest BCUT2D eigenvalue weighted by atomic mass is 10.0. The lowest BCUT2D eigenvalue weighted by molar-refractivity contribution is -0.139. The molecule has 4 unspecified atom stereocenters. The molecule has 15 heteroatoms. The number of epoxide rings is 1. The number of hydrogen-bond donors (Lipinski definition) is 0. The Kier molecular flexibility index (Phi) is 48.4. The highest BCUT2D eigenvalue weighted by atomic mass is 35.5. The van der Waals surface area contributed by atoms with Crippen molar-refractivity contribution in [2.45, 2.75) is 252 Å². The van der Waals surface area contributed by atoms with Gasteiger partial charge in [-0.1, -0.05) is 237 Å². The van der Waals surface area contributed by atoms with Crippen LogP contribution < -0.4 is 18.9 Å². The van der Waals surface area contributed by atoms with Gasteiger partial charge in [0.05, 0.1) is 51.3 Å². The summed E-state index contributed by atoms with van der Waals surface area (Å²) >= 11 is 9.50. The summed E-state index contributed by atoms with van der Waals surface area (Å²) in [4.78, 5) is 24.4. The van der Waals surface area contributed by atoms with Crippen LogP contribution in [0.5, 0.6) is 23.0 Å². The predicted octanol–water partition coefficient (Wildman–Crippen LogP) is 26.8. The van der Waals surface area contributed by atoms with Crippen molar-refractivity contribution in [3.63, 3.8) is 0 Å². The fraction of sp³-hybridized carbons (Fsp3) is 0.476. The molecule has 0 N–H and O–H groups in total. The topological polar surface area (TPSA) is 130 Å². The largest absolute Gasteiger partial charge is 0.493 e. The Labute approximate surface area is 725 Å². The van der Waals surface area contributed by atoms with Gasteiger partial charge in [0.1, 0.15) is 61.1 Å². The molecule has 644 valence electrons. The molecule has 10 rings (SSSR count). The Morgan fingerprint density at radius 3 is 1.13 bits per heavy atom. The summed E-state index contributed by atoms with van der Waals surface area (Å²) in [5.41, 5.74) is 11.1. The first-order valence-electron chi connectivity index (χ1n) is 42.7. The van der Waals surface area contributed by atoms with Crippen molar-refractivity contribution >= 4 is 47.1 Å². The number of rotatable bonds is 42. The van der Waals surface area contributed by atoms with Gasteiger partial charge in [-0.25, -0.2) is 9.59 Å². The highest BCUT2D eigenvalue weighted by molar-refractivity contribution is 7.99. The quantitative estimate of drug-likeness (QED) is 0.0118. The van der Waals surface area contributed by atoms with Crippen LogP contribution in [-0.2, 0) is 50.9 Å². The van der Waals surface area contributed by atoms with E-state index in [4.69, 9.17) is 59.0 Å². The minimum atomic E-state index is -0.347. The molecular formula is C103H141ClO12S2. The van der Waals surface area contributed by atoms with Crippen LogP contribution in [0, 0.1) is 11.8 Å². The first-order valence-corrected chi connectivity index (χ1v) is 45.1. The zero-order chi connectivity index (χ0) is 86.3. The third-order valence-electron chi connectivity index (χ3n) is 19.2. The van der Waals surface area contributed by atoms with E-state index in [1.807, 2.05) is 78.5 Å². The number of ether oxygens (including phenoxy) is 10. The number of thioether (sulfide) groups is 2. The van der Waals surface area contributed by atoms with Crippen LogP contribution in [0.2, 0.25) is 5.02 Å². The number of aryl methyl sites for hydroxylation is 2. The van der Waals surface area contributed by atoms with Crippen molar-refractivity contribution in [1.29, 1.82) is 0 Å². The standard InChI is InChI=1S/C21H27ClO2S.C21H28O2S.C17H26O3.C16H22O2.C15H20O2.C13H18O/c1-15(2)17-5-9-19(10-6-17)23-13-20(24-16(3)4)14-25-21-11-7-18(22)8-12-21;1-16(2)18-10-12-19(13-11-18)22-14-20(23-17(3)4)15-24-21-8-6-5-7-9-21;1-12(2)14-5-7-15(8-6-14)19-11-17(13(3)4)20-10-16-9-18-16;1-12(2)15-9-7-14(8-10-15)6-5-11-18-16(17)13(3)4;1-4-15(16)17-11-5-6-13-7-9-14(10-8-13)12(2)3;1-10(2)12-5-7-13(8-6-12)14-9-11-3-4-11/h5-12,15-16,20H,13-14H2,1-4H3;5-13,16-17,20H,14-15H2,1-4H3;5-8,12-13,16-17H,9-11H2,1-4H3;7-10,12H,3,5-6,11H2,1-2,4H3;4,7-10,12H,1,5-6,11H2,2-3H3;5-8,10-11H,3-4,9H2,1-2H3. The first-order chi connectivity index (χ1) is 56.4. The van der Waals surface area contributed by atoms with Crippen LogP contribution in [0.4, 0.5) is 0 Å². The average molecular weight is 1670 g/mol. The maximum absolute atomic E-state index is 11.2. The van der Waals surface area contributed by atoms with Crippen LogP contribution in [0.15, 0.2) is 235 Å². The van der Waals surface area contributed by atoms with Crippen LogP contribution in [0.25, 0.3) is 0 Å². The number of carbonyl (C=O) groups is 2. The molecule has 0 amide bonds. The maximum Gasteiger partial charge on any atom is 0.333 e. The van der Waals surface area contributed by atoms with Gasteiger partial charge in [0.15, 0.2) is 0 Å². The summed E-state index contributed by atoms with van der Waals surface area (Å²) in [6.07, 6.45) is 8.34. The number of carbonyl (C=O) groups excluding carboxylic acids is 2. The molecule has 2 fully saturated rings. The Morgan fingerprint density at radius 2 is 0.797 bits per heavy atom. The normalized spacial score (nSPS) is 13.5. The summed E-state index contributed by atoms with van der Waals surface area (Å²) in [5.74, 6) is 9.41. The molecule has 0 bridgehead atoms. The van der Waals surface area contributed by atoms with E-state index in [9.17, 15) is 9.59 Å². The van der Waals surface area contributed by atoms with Gasteiger partial charge in [0.2, 0.25) is 0 Å². The Balaban J connectivity index is 0.000000255. The molecule has 118 heavy (non-hydrogen) atoms.